The van der Waals surface area contributed by atoms with Crippen molar-refractivity contribution >= 4 is 63.4 Å². The quantitative estimate of drug-likeness (QED) is 0.109. The van der Waals surface area contributed by atoms with E-state index in [4.69, 9.17) is 5.11 Å². The molecule has 0 aromatic heterocycles. The highest BCUT2D eigenvalue weighted by molar-refractivity contribution is 7.89. The topological polar surface area (TPSA) is 292 Å². The first-order chi connectivity index (χ1) is 30.0. The van der Waals surface area contributed by atoms with Gasteiger partial charge < -0.3 is 10.0 Å². The second-order valence-corrected chi connectivity index (χ2v) is 24.0. The zero-order valence-corrected chi connectivity index (χ0v) is 39.7. The maximum absolute atomic E-state index is 13.6. The summed E-state index contributed by atoms with van der Waals surface area (Å²) in [4.78, 5) is 12.4. The Bertz CT molecular complexity index is 2980. The molecule has 5 rings (SSSR count). The predicted molar refractivity (Wildman–Crippen MR) is 241 cm³/mol. The third kappa shape index (κ3) is 11.5. The van der Waals surface area contributed by atoms with Crippen molar-refractivity contribution < 1.29 is 61.8 Å². The molecule has 2 aliphatic heterocycles. The number of hydrogen-bond donors (Lipinski definition) is 4. The van der Waals surface area contributed by atoms with Crippen molar-refractivity contribution in [1.29, 1.82) is 10.5 Å². The second kappa shape index (κ2) is 18.7. The number of sulfonamides is 1. The summed E-state index contributed by atoms with van der Waals surface area (Å²) in [5.74, 6) is -2.15. The lowest BCUT2D eigenvalue weighted by atomic mass is 9.73. The third-order valence-electron chi connectivity index (χ3n) is 11.9. The van der Waals surface area contributed by atoms with Gasteiger partial charge in [0.2, 0.25) is 15.7 Å². The van der Waals surface area contributed by atoms with E-state index in [-0.39, 0.29) is 68.0 Å². The van der Waals surface area contributed by atoms with E-state index in [1.807, 2.05) is 32.3 Å². The van der Waals surface area contributed by atoms with Gasteiger partial charge in [-0.05, 0) is 79.8 Å². The SMILES string of the molecule is CN(CCCC(=O)O)S(=O)(=O)c1ccc2c(c1)C(C)(C)C(C=CC1=CC(=CC=C3N(CCCS(=O)(=O)O)c4ccc(S(=O)(=O)O)cc4C3(C)C)CC(C#N)(C#N)C1)=[N+]2CCCS(=O)(=O)O. The largest absolute Gasteiger partial charge is 0.481 e. The number of rotatable bonds is 18. The first kappa shape index (κ1) is 51.0. The van der Waals surface area contributed by atoms with Crippen LogP contribution in [-0.2, 0) is 56.0 Å². The van der Waals surface area contributed by atoms with E-state index >= 15 is 0 Å². The van der Waals surface area contributed by atoms with E-state index in [9.17, 15) is 62.6 Å². The number of anilines is 1. The molecule has 4 N–H and O–H groups in total. The number of nitrogens with zero attached hydrogens (tertiary/aromatic N) is 5. The lowest BCUT2D eigenvalue weighted by molar-refractivity contribution is -0.437. The number of nitriles is 2. The van der Waals surface area contributed by atoms with E-state index < -0.39 is 74.1 Å². The molecule has 0 saturated carbocycles. The summed E-state index contributed by atoms with van der Waals surface area (Å²) in [6, 6.07) is 12.9. The fourth-order valence-corrected chi connectivity index (χ4v) is 11.3. The van der Waals surface area contributed by atoms with Gasteiger partial charge in [0.05, 0.1) is 38.9 Å². The highest BCUT2D eigenvalue weighted by Crippen LogP contribution is 2.49. The van der Waals surface area contributed by atoms with Gasteiger partial charge in [-0.15, -0.1) is 0 Å². The summed E-state index contributed by atoms with van der Waals surface area (Å²) >= 11 is 0. The molecule has 0 unspecified atom stereocenters. The van der Waals surface area contributed by atoms with E-state index in [1.54, 1.807) is 41.3 Å². The van der Waals surface area contributed by atoms with Crippen LogP contribution in [-0.4, -0.2) is 111 Å². The number of hydrogen-bond acceptors (Lipinski definition) is 12. The van der Waals surface area contributed by atoms with Gasteiger partial charge in [-0.2, -0.15) is 40.4 Å². The van der Waals surface area contributed by atoms with Gasteiger partial charge in [0, 0.05) is 80.3 Å². The van der Waals surface area contributed by atoms with Crippen molar-refractivity contribution in [3.63, 3.8) is 0 Å². The molecule has 0 atom stereocenters. The van der Waals surface area contributed by atoms with Gasteiger partial charge in [-0.3, -0.25) is 18.5 Å². The zero-order valence-electron chi connectivity index (χ0n) is 36.5. The van der Waals surface area contributed by atoms with E-state index in [2.05, 4.69) is 12.1 Å². The van der Waals surface area contributed by atoms with Crippen LogP contribution in [0.1, 0.15) is 77.3 Å². The van der Waals surface area contributed by atoms with E-state index in [0.29, 0.717) is 45.1 Å². The molecule has 22 heteroatoms. The van der Waals surface area contributed by atoms with Crippen molar-refractivity contribution in [2.75, 3.05) is 43.1 Å². The molecular formula is C43H52N5O13S4+. The van der Waals surface area contributed by atoms with Crippen LogP contribution in [0.15, 0.2) is 93.4 Å². The van der Waals surface area contributed by atoms with Crippen molar-refractivity contribution in [1.82, 2.24) is 4.31 Å². The molecular weight excluding hydrogens is 923 g/mol. The molecule has 18 nitrogen and oxygen atoms in total. The minimum Gasteiger partial charge on any atom is -0.481 e. The predicted octanol–water partition coefficient (Wildman–Crippen LogP) is 5.27. The maximum atomic E-state index is 13.6. The van der Waals surface area contributed by atoms with Crippen LogP contribution in [0, 0.1) is 28.1 Å². The third-order valence-corrected chi connectivity index (χ3v) is 16.2. The van der Waals surface area contributed by atoms with Crippen LogP contribution in [0.5, 0.6) is 0 Å². The minimum atomic E-state index is -4.58. The van der Waals surface area contributed by atoms with E-state index in [0.717, 1.165) is 4.31 Å². The molecule has 2 aromatic rings. The highest BCUT2D eigenvalue weighted by Gasteiger charge is 2.46. The lowest BCUT2D eigenvalue weighted by Crippen LogP contribution is -2.30. The smallest absolute Gasteiger partial charge is 0.303 e. The van der Waals surface area contributed by atoms with Gasteiger partial charge in [-0.25, -0.2) is 12.7 Å². The van der Waals surface area contributed by atoms with Crippen LogP contribution in [0.25, 0.3) is 0 Å². The standard InChI is InChI=1S/C43H51N5O13S4/c1-41(2)34-24-32(64(57,58)46(5)18-6-9-40(49)50)12-14-36(34)47(19-7-21-62(51,52)53)38(41)16-10-30-23-31(27-43(26-30,28-44)29-45)11-17-39-42(3,4)35-25-33(65(59,60)61)13-15-37(35)48(39)20-8-22-63(54,55)56/h10-17,23-25H,6-9,18-22,26-27H2,1-5H3,(H3-,49,50,51,52,53,54,55,56,59,60,61)/p+1. The summed E-state index contributed by atoms with van der Waals surface area (Å²) in [6.45, 7) is 7.48. The fraction of sp³-hybridized carbons (Fsp3) is 0.442. The zero-order chi connectivity index (χ0) is 48.6. The van der Waals surface area contributed by atoms with Crippen molar-refractivity contribution in [3.05, 3.63) is 94.7 Å². The van der Waals surface area contributed by atoms with Crippen LogP contribution in [0.2, 0.25) is 0 Å². The Hall–Kier alpha value is -5.04. The average molecular weight is 975 g/mol. The summed E-state index contributed by atoms with van der Waals surface area (Å²) in [5.41, 5.74) is 1.20. The van der Waals surface area contributed by atoms with Gasteiger partial charge in [0.1, 0.15) is 6.54 Å². The van der Waals surface area contributed by atoms with Crippen LogP contribution >= 0.6 is 0 Å². The first-order valence-corrected chi connectivity index (χ1v) is 26.5. The normalized spacial score (nSPS) is 19.4. The monoisotopic (exact) mass is 974 g/mol. The Balaban J connectivity index is 1.59. The lowest BCUT2D eigenvalue weighted by Gasteiger charge is -2.28. The Morgan fingerprint density at radius 2 is 1.43 bits per heavy atom. The molecule has 65 heavy (non-hydrogen) atoms. The van der Waals surface area contributed by atoms with E-state index in [1.165, 1.54) is 37.4 Å². The molecule has 0 bridgehead atoms. The molecule has 0 saturated heterocycles. The molecule has 2 heterocycles. The summed E-state index contributed by atoms with van der Waals surface area (Å²) in [6.07, 6.45) is 8.64. The van der Waals surface area contributed by atoms with Gasteiger partial charge in [0.15, 0.2) is 11.1 Å². The first-order valence-electron chi connectivity index (χ1n) is 20.4. The molecule has 350 valence electrons. The summed E-state index contributed by atoms with van der Waals surface area (Å²) in [5, 5.41) is 29.8. The number of carbonyl (C=O) groups is 1. The fourth-order valence-electron chi connectivity index (χ4n) is 8.54. The number of allylic oxidation sites excluding steroid dienone is 8. The van der Waals surface area contributed by atoms with Crippen LogP contribution in [0.3, 0.4) is 0 Å². The average Bonchev–Trinajstić information content (AvgIpc) is 3.54. The number of carboxylic acids is 1. The summed E-state index contributed by atoms with van der Waals surface area (Å²) in [7, 11) is -15.9. The molecule has 0 radical (unpaired) electrons. The molecule has 3 aliphatic rings. The summed E-state index contributed by atoms with van der Waals surface area (Å²) < 4.78 is 130. The van der Waals surface area contributed by atoms with Crippen LogP contribution in [0.4, 0.5) is 11.4 Å². The Labute approximate surface area is 380 Å². The number of fused-ring (bicyclic) bond motifs is 2. The minimum absolute atomic E-state index is 0.00153. The maximum Gasteiger partial charge on any atom is 0.303 e. The van der Waals surface area contributed by atoms with Crippen molar-refractivity contribution in [3.8, 4) is 12.1 Å². The number of aliphatic carboxylic acids is 1. The molecule has 1 aliphatic carbocycles. The Morgan fingerprint density at radius 3 is 2.03 bits per heavy atom. The molecule has 0 fully saturated rings. The molecule has 2 aromatic carbocycles. The Morgan fingerprint density at radius 1 is 0.815 bits per heavy atom. The molecule has 0 amide bonds. The Kier molecular flexibility index (Phi) is 14.6. The number of benzene rings is 2. The van der Waals surface area contributed by atoms with Gasteiger partial charge in [-0.1, -0.05) is 32.1 Å². The molecule has 0 spiro atoms. The van der Waals surface area contributed by atoms with Gasteiger partial charge in [0.25, 0.3) is 30.4 Å². The van der Waals surface area contributed by atoms with Crippen molar-refractivity contribution in [2.24, 2.45) is 5.41 Å². The highest BCUT2D eigenvalue weighted by atomic mass is 32.2. The van der Waals surface area contributed by atoms with Crippen LogP contribution < -0.4 is 4.90 Å². The van der Waals surface area contributed by atoms with Crippen molar-refractivity contribution in [2.45, 2.75) is 86.8 Å². The second-order valence-electron chi connectivity index (χ2n) is 17.4. The number of carboxylic acid groups (broad SMARTS) is 1. The van der Waals surface area contributed by atoms with Gasteiger partial charge >= 0.3 is 5.97 Å².